The summed E-state index contributed by atoms with van der Waals surface area (Å²) >= 11 is 0. The van der Waals surface area contributed by atoms with Crippen LogP contribution >= 0.6 is 0 Å². The van der Waals surface area contributed by atoms with Crippen molar-refractivity contribution < 1.29 is 14.3 Å². The molecular formula is C18H18N4O3. The van der Waals surface area contributed by atoms with Gasteiger partial charge in [0.05, 0.1) is 18.5 Å². The maximum absolute atomic E-state index is 12.3. The van der Waals surface area contributed by atoms with E-state index in [1.165, 1.54) is 6.33 Å². The topological polar surface area (TPSA) is 78.3 Å². The van der Waals surface area contributed by atoms with Gasteiger partial charge in [-0.1, -0.05) is 18.2 Å². The molecule has 0 spiro atoms. The number of ether oxygens (including phenoxy) is 2. The Morgan fingerprint density at radius 1 is 1.20 bits per heavy atom. The molecular weight excluding hydrogens is 320 g/mol. The molecule has 0 radical (unpaired) electrons. The summed E-state index contributed by atoms with van der Waals surface area (Å²) in [6.07, 6.45) is 3.00. The Labute approximate surface area is 145 Å². The van der Waals surface area contributed by atoms with Gasteiger partial charge < -0.3 is 14.8 Å². The van der Waals surface area contributed by atoms with Gasteiger partial charge in [0, 0.05) is 0 Å². The van der Waals surface area contributed by atoms with Crippen LogP contribution in [0.5, 0.6) is 11.5 Å². The molecule has 0 saturated heterocycles. The molecule has 0 aliphatic rings. The first kappa shape index (κ1) is 16.5. The third kappa shape index (κ3) is 3.95. The van der Waals surface area contributed by atoms with Crippen LogP contribution in [0.2, 0.25) is 0 Å². The van der Waals surface area contributed by atoms with Gasteiger partial charge in [0.1, 0.15) is 12.7 Å². The quantitative estimate of drug-likeness (QED) is 0.747. The lowest BCUT2D eigenvalue weighted by molar-refractivity contribution is -0.118. The van der Waals surface area contributed by atoms with E-state index in [0.29, 0.717) is 17.2 Å². The summed E-state index contributed by atoms with van der Waals surface area (Å²) < 4.78 is 12.4. The van der Waals surface area contributed by atoms with Gasteiger partial charge in [0.2, 0.25) is 0 Å². The minimum Gasteiger partial charge on any atom is -0.493 e. The standard InChI is InChI=1S/C18H18N4O3/c1-13-7-8-16(17(9-13)24-2)25-10-18(23)21-14-5-3-4-6-15(14)22-12-19-11-20-22/h3-9,11-12H,10H2,1-2H3,(H,21,23). The highest BCUT2D eigenvalue weighted by Gasteiger charge is 2.11. The monoisotopic (exact) mass is 338 g/mol. The molecule has 0 aliphatic heterocycles. The van der Waals surface area contributed by atoms with Crippen molar-refractivity contribution in [1.29, 1.82) is 0 Å². The van der Waals surface area contributed by atoms with E-state index in [9.17, 15) is 4.79 Å². The summed E-state index contributed by atoms with van der Waals surface area (Å²) in [5.74, 6) is 0.832. The van der Waals surface area contributed by atoms with Crippen LogP contribution in [0.4, 0.5) is 5.69 Å². The fraction of sp³-hybridized carbons (Fsp3) is 0.167. The molecule has 0 atom stereocenters. The Hall–Kier alpha value is -3.35. The smallest absolute Gasteiger partial charge is 0.262 e. The lowest BCUT2D eigenvalue weighted by Gasteiger charge is -2.13. The Morgan fingerprint density at radius 2 is 2.04 bits per heavy atom. The van der Waals surface area contributed by atoms with E-state index < -0.39 is 0 Å². The zero-order chi connectivity index (χ0) is 17.6. The Kier molecular flexibility index (Phi) is 4.94. The highest BCUT2D eigenvalue weighted by molar-refractivity contribution is 5.93. The maximum Gasteiger partial charge on any atom is 0.262 e. The minimum absolute atomic E-state index is 0.134. The number of nitrogens with zero attached hydrogens (tertiary/aromatic N) is 3. The maximum atomic E-state index is 12.3. The van der Waals surface area contributed by atoms with E-state index in [1.807, 2.05) is 37.3 Å². The normalized spacial score (nSPS) is 10.3. The third-order valence-electron chi connectivity index (χ3n) is 3.52. The second kappa shape index (κ2) is 7.48. The van der Waals surface area contributed by atoms with Crippen molar-refractivity contribution in [3.8, 4) is 17.2 Å². The van der Waals surface area contributed by atoms with Crippen LogP contribution < -0.4 is 14.8 Å². The summed E-state index contributed by atoms with van der Waals surface area (Å²) in [5.41, 5.74) is 2.40. The Balaban J connectivity index is 1.68. The van der Waals surface area contributed by atoms with Crippen LogP contribution in [-0.2, 0) is 4.79 Å². The molecule has 1 heterocycles. The molecule has 3 rings (SSSR count). The predicted octanol–water partition coefficient (Wildman–Crippen LogP) is 2.60. The highest BCUT2D eigenvalue weighted by atomic mass is 16.5. The second-order valence-corrected chi connectivity index (χ2v) is 5.35. The van der Waals surface area contributed by atoms with Crippen molar-refractivity contribution in [2.24, 2.45) is 0 Å². The summed E-state index contributed by atoms with van der Waals surface area (Å²) in [6, 6.07) is 12.9. The van der Waals surface area contributed by atoms with Gasteiger partial charge in [-0.15, -0.1) is 0 Å². The zero-order valence-corrected chi connectivity index (χ0v) is 14.0. The first-order valence-electron chi connectivity index (χ1n) is 7.68. The van der Waals surface area contributed by atoms with Gasteiger partial charge in [-0.2, -0.15) is 5.10 Å². The lowest BCUT2D eigenvalue weighted by Crippen LogP contribution is -2.21. The molecule has 0 saturated carbocycles. The summed E-state index contributed by atoms with van der Waals surface area (Å²) in [4.78, 5) is 16.2. The van der Waals surface area contributed by atoms with Gasteiger partial charge in [-0.25, -0.2) is 9.67 Å². The van der Waals surface area contributed by atoms with Crippen LogP contribution in [0.3, 0.4) is 0 Å². The number of benzene rings is 2. The predicted molar refractivity (Wildman–Crippen MR) is 93.2 cm³/mol. The number of amides is 1. The van der Waals surface area contributed by atoms with Crippen molar-refractivity contribution >= 4 is 11.6 Å². The van der Waals surface area contributed by atoms with Crippen molar-refractivity contribution in [2.45, 2.75) is 6.92 Å². The third-order valence-corrected chi connectivity index (χ3v) is 3.52. The fourth-order valence-corrected chi connectivity index (χ4v) is 2.34. The number of hydrogen-bond donors (Lipinski definition) is 1. The molecule has 0 fully saturated rings. The number of carbonyl (C=O) groups excluding carboxylic acids is 1. The molecule has 1 N–H and O–H groups in total. The number of rotatable bonds is 6. The number of methoxy groups -OCH3 is 1. The van der Waals surface area contributed by atoms with Crippen LogP contribution in [0.1, 0.15) is 5.56 Å². The van der Waals surface area contributed by atoms with Crippen molar-refractivity contribution in [3.63, 3.8) is 0 Å². The Morgan fingerprint density at radius 3 is 2.80 bits per heavy atom. The molecule has 128 valence electrons. The zero-order valence-electron chi connectivity index (χ0n) is 14.0. The van der Waals surface area contributed by atoms with E-state index in [4.69, 9.17) is 9.47 Å². The molecule has 1 amide bonds. The molecule has 25 heavy (non-hydrogen) atoms. The number of aryl methyl sites for hydroxylation is 1. The second-order valence-electron chi connectivity index (χ2n) is 5.35. The van der Waals surface area contributed by atoms with Crippen LogP contribution in [0.15, 0.2) is 55.1 Å². The van der Waals surface area contributed by atoms with Gasteiger partial charge in [-0.3, -0.25) is 4.79 Å². The van der Waals surface area contributed by atoms with E-state index in [2.05, 4.69) is 15.4 Å². The summed E-state index contributed by atoms with van der Waals surface area (Å²) in [5, 5.41) is 6.91. The largest absolute Gasteiger partial charge is 0.493 e. The van der Waals surface area contributed by atoms with Crippen LogP contribution in [-0.4, -0.2) is 34.4 Å². The number of aromatic nitrogens is 3. The van der Waals surface area contributed by atoms with Crippen LogP contribution in [0.25, 0.3) is 5.69 Å². The molecule has 3 aromatic rings. The van der Waals surface area contributed by atoms with Gasteiger partial charge in [-0.05, 0) is 36.8 Å². The molecule has 1 aromatic heterocycles. The number of nitrogens with one attached hydrogen (secondary N) is 1. The molecule has 0 aliphatic carbocycles. The average Bonchev–Trinajstić information content (AvgIpc) is 3.15. The minimum atomic E-state index is -0.282. The van der Waals surface area contributed by atoms with E-state index in [1.54, 1.807) is 30.3 Å². The van der Waals surface area contributed by atoms with Crippen molar-refractivity contribution in [1.82, 2.24) is 14.8 Å². The molecule has 7 nitrogen and oxygen atoms in total. The summed E-state index contributed by atoms with van der Waals surface area (Å²) in [6.45, 7) is 1.82. The Bertz CT molecular complexity index is 863. The number of anilines is 1. The number of hydrogen-bond acceptors (Lipinski definition) is 5. The van der Waals surface area contributed by atoms with E-state index >= 15 is 0 Å². The van der Waals surface area contributed by atoms with Gasteiger partial charge >= 0.3 is 0 Å². The highest BCUT2D eigenvalue weighted by Crippen LogP contribution is 2.27. The summed E-state index contributed by atoms with van der Waals surface area (Å²) in [7, 11) is 1.57. The molecule has 7 heteroatoms. The molecule has 2 aromatic carbocycles. The van der Waals surface area contributed by atoms with E-state index in [0.717, 1.165) is 11.3 Å². The first-order chi connectivity index (χ1) is 12.2. The van der Waals surface area contributed by atoms with E-state index in [-0.39, 0.29) is 12.5 Å². The SMILES string of the molecule is COc1cc(C)ccc1OCC(=O)Nc1ccccc1-n1cncn1. The van der Waals surface area contributed by atoms with Gasteiger partial charge in [0.15, 0.2) is 18.1 Å². The van der Waals surface area contributed by atoms with Crippen LogP contribution in [0, 0.1) is 6.92 Å². The first-order valence-corrected chi connectivity index (χ1v) is 7.68. The average molecular weight is 338 g/mol. The molecule has 0 unspecified atom stereocenters. The molecule has 0 bridgehead atoms. The van der Waals surface area contributed by atoms with Crippen molar-refractivity contribution in [2.75, 3.05) is 19.0 Å². The fourth-order valence-electron chi connectivity index (χ4n) is 2.34. The van der Waals surface area contributed by atoms with Gasteiger partial charge in [0.25, 0.3) is 5.91 Å². The number of para-hydroxylation sites is 2. The van der Waals surface area contributed by atoms with Crippen molar-refractivity contribution in [3.05, 3.63) is 60.7 Å². The lowest BCUT2D eigenvalue weighted by atomic mass is 10.2. The number of carbonyl (C=O) groups is 1.